The lowest BCUT2D eigenvalue weighted by Crippen LogP contribution is -2.07. The second-order valence-corrected chi connectivity index (χ2v) is 4.29. The molecule has 0 fully saturated rings. The van der Waals surface area contributed by atoms with Crippen LogP contribution >= 0.6 is 15.9 Å². The van der Waals surface area contributed by atoms with Gasteiger partial charge in [0, 0.05) is 0 Å². The van der Waals surface area contributed by atoms with Gasteiger partial charge in [-0.15, -0.1) is 0 Å². The van der Waals surface area contributed by atoms with E-state index in [1.807, 2.05) is 19.9 Å². The summed E-state index contributed by atoms with van der Waals surface area (Å²) < 4.78 is 11.6. The highest BCUT2D eigenvalue weighted by Gasteiger charge is 2.12. The Bertz CT molecular complexity index is 337. The number of hydrogen-bond acceptors (Lipinski definition) is 3. The highest BCUT2D eigenvalue weighted by molar-refractivity contribution is 9.10. The fourth-order valence-electron chi connectivity index (χ4n) is 1.21. The third kappa shape index (κ3) is 3.11. The lowest BCUT2D eigenvalue weighted by atomic mass is 10.2. The molecule has 0 aliphatic rings. The van der Waals surface area contributed by atoms with Gasteiger partial charge in [-0.1, -0.05) is 0 Å². The number of aliphatic hydroxyl groups excluding tert-OH is 1. The summed E-state index contributed by atoms with van der Waals surface area (Å²) in [5.74, 6) is 1.30. The zero-order chi connectivity index (χ0) is 11.4. The van der Waals surface area contributed by atoms with Crippen molar-refractivity contribution in [1.82, 2.24) is 0 Å². The van der Waals surface area contributed by atoms with Crippen LogP contribution in [0, 0.1) is 0 Å². The third-order valence-corrected chi connectivity index (χ3v) is 2.41. The summed E-state index contributed by atoms with van der Waals surface area (Å²) >= 11 is 3.39. The van der Waals surface area contributed by atoms with Gasteiger partial charge in [0.2, 0.25) is 0 Å². The Hall–Kier alpha value is -0.740. The molecule has 84 valence electrons. The number of hydrogen-bond donors (Lipinski definition) is 1. The van der Waals surface area contributed by atoms with E-state index >= 15 is 0 Å². The number of rotatable bonds is 4. The van der Waals surface area contributed by atoms with E-state index in [-0.39, 0.29) is 12.7 Å². The van der Waals surface area contributed by atoms with Crippen molar-refractivity contribution < 1.29 is 14.6 Å². The van der Waals surface area contributed by atoms with Crippen LogP contribution < -0.4 is 9.47 Å². The molecule has 0 saturated heterocycles. The second kappa shape index (κ2) is 5.37. The molecule has 15 heavy (non-hydrogen) atoms. The van der Waals surface area contributed by atoms with E-state index in [1.165, 1.54) is 0 Å². The van der Waals surface area contributed by atoms with Crippen LogP contribution in [0.3, 0.4) is 0 Å². The average Bonchev–Trinajstić information content (AvgIpc) is 2.20. The fourth-order valence-corrected chi connectivity index (χ4v) is 1.80. The van der Waals surface area contributed by atoms with Gasteiger partial charge in [0.05, 0.1) is 24.3 Å². The molecule has 0 radical (unpaired) electrons. The third-order valence-electron chi connectivity index (χ3n) is 1.83. The quantitative estimate of drug-likeness (QED) is 0.918. The minimum absolute atomic E-state index is 0.0169. The molecule has 0 saturated carbocycles. The normalized spacial score (nSPS) is 10.5. The molecular weight excluding hydrogens is 260 g/mol. The van der Waals surface area contributed by atoms with Crippen LogP contribution in [0.4, 0.5) is 0 Å². The van der Waals surface area contributed by atoms with Crippen molar-refractivity contribution in [2.45, 2.75) is 26.6 Å². The van der Waals surface area contributed by atoms with Crippen molar-refractivity contribution in [2.24, 2.45) is 0 Å². The first-order valence-electron chi connectivity index (χ1n) is 4.72. The van der Waals surface area contributed by atoms with Crippen molar-refractivity contribution in [3.63, 3.8) is 0 Å². The second-order valence-electron chi connectivity index (χ2n) is 3.43. The molecule has 0 aliphatic carbocycles. The zero-order valence-corrected chi connectivity index (χ0v) is 10.7. The molecule has 0 heterocycles. The maximum absolute atomic E-state index is 9.04. The van der Waals surface area contributed by atoms with Gasteiger partial charge in [0.1, 0.15) is 0 Å². The highest BCUT2D eigenvalue weighted by atomic mass is 79.9. The van der Waals surface area contributed by atoms with Crippen LogP contribution in [0.15, 0.2) is 16.6 Å². The number of benzene rings is 1. The van der Waals surface area contributed by atoms with Gasteiger partial charge in [-0.3, -0.25) is 0 Å². The smallest absolute Gasteiger partial charge is 0.175 e. The molecule has 0 unspecified atom stereocenters. The standard InChI is InChI=1S/C11H15BrO3/c1-7(2)15-11-9(12)4-8(6-13)5-10(11)14-3/h4-5,7,13H,6H2,1-3H3. The van der Waals surface area contributed by atoms with E-state index in [4.69, 9.17) is 14.6 Å². The lowest BCUT2D eigenvalue weighted by Gasteiger charge is -2.16. The van der Waals surface area contributed by atoms with Gasteiger partial charge in [0.25, 0.3) is 0 Å². The van der Waals surface area contributed by atoms with E-state index in [0.29, 0.717) is 11.5 Å². The summed E-state index contributed by atoms with van der Waals surface area (Å²) in [5.41, 5.74) is 0.787. The Kier molecular flexibility index (Phi) is 4.42. The summed E-state index contributed by atoms with van der Waals surface area (Å²) in [6.45, 7) is 3.88. The summed E-state index contributed by atoms with van der Waals surface area (Å²) in [7, 11) is 1.58. The van der Waals surface area contributed by atoms with Crippen molar-refractivity contribution in [1.29, 1.82) is 0 Å². The maximum Gasteiger partial charge on any atom is 0.175 e. The van der Waals surface area contributed by atoms with Gasteiger partial charge >= 0.3 is 0 Å². The molecule has 0 amide bonds. The molecule has 0 spiro atoms. The molecule has 1 aromatic rings. The Labute approximate surface area is 98.1 Å². The number of methoxy groups -OCH3 is 1. The summed E-state index contributed by atoms with van der Waals surface area (Å²) in [6, 6.07) is 3.59. The topological polar surface area (TPSA) is 38.7 Å². The molecule has 0 aromatic heterocycles. The number of aliphatic hydroxyl groups is 1. The van der Waals surface area contributed by atoms with E-state index in [1.54, 1.807) is 13.2 Å². The Morgan fingerprint density at radius 3 is 2.53 bits per heavy atom. The van der Waals surface area contributed by atoms with E-state index in [9.17, 15) is 0 Å². The molecule has 3 nitrogen and oxygen atoms in total. The largest absolute Gasteiger partial charge is 0.493 e. The SMILES string of the molecule is COc1cc(CO)cc(Br)c1OC(C)C. The molecule has 1 N–H and O–H groups in total. The molecule has 4 heteroatoms. The van der Waals surface area contributed by atoms with Gasteiger partial charge in [-0.25, -0.2) is 0 Å². The Morgan fingerprint density at radius 1 is 1.40 bits per heavy atom. The molecule has 0 bridgehead atoms. The van der Waals surface area contributed by atoms with E-state index in [0.717, 1.165) is 10.0 Å². The highest BCUT2D eigenvalue weighted by Crippen LogP contribution is 2.37. The van der Waals surface area contributed by atoms with Gasteiger partial charge < -0.3 is 14.6 Å². The summed E-state index contributed by atoms with van der Waals surface area (Å²) in [6.07, 6.45) is 0.0789. The van der Waals surface area contributed by atoms with Crippen LogP contribution in [-0.4, -0.2) is 18.3 Å². The minimum atomic E-state index is -0.0169. The summed E-state index contributed by atoms with van der Waals surface area (Å²) in [4.78, 5) is 0. The number of halogens is 1. The zero-order valence-electron chi connectivity index (χ0n) is 9.08. The first-order valence-corrected chi connectivity index (χ1v) is 5.51. The molecule has 1 aromatic carbocycles. The van der Waals surface area contributed by atoms with Crippen molar-refractivity contribution in [3.8, 4) is 11.5 Å². The van der Waals surface area contributed by atoms with Gasteiger partial charge in [-0.05, 0) is 47.5 Å². The Balaban J connectivity index is 3.12. The molecule has 1 rings (SSSR count). The fraction of sp³-hybridized carbons (Fsp3) is 0.455. The van der Waals surface area contributed by atoms with Crippen LogP contribution in [0.1, 0.15) is 19.4 Å². The van der Waals surface area contributed by atoms with E-state index < -0.39 is 0 Å². The Morgan fingerprint density at radius 2 is 2.07 bits per heavy atom. The first kappa shape index (κ1) is 12.3. The van der Waals surface area contributed by atoms with Crippen LogP contribution in [0.2, 0.25) is 0 Å². The van der Waals surface area contributed by atoms with Gasteiger partial charge in [-0.2, -0.15) is 0 Å². The first-order chi connectivity index (χ1) is 7.08. The van der Waals surface area contributed by atoms with Crippen LogP contribution in [-0.2, 0) is 6.61 Å². The summed E-state index contributed by atoms with van der Waals surface area (Å²) in [5, 5.41) is 9.04. The molecular formula is C11H15BrO3. The minimum Gasteiger partial charge on any atom is -0.493 e. The van der Waals surface area contributed by atoms with Crippen LogP contribution in [0.5, 0.6) is 11.5 Å². The maximum atomic E-state index is 9.04. The van der Waals surface area contributed by atoms with Crippen LogP contribution in [0.25, 0.3) is 0 Å². The average molecular weight is 275 g/mol. The predicted molar refractivity (Wildman–Crippen MR) is 62.4 cm³/mol. The van der Waals surface area contributed by atoms with Gasteiger partial charge in [0.15, 0.2) is 11.5 Å². The van der Waals surface area contributed by atoms with E-state index in [2.05, 4.69) is 15.9 Å². The molecule has 0 aliphatic heterocycles. The monoisotopic (exact) mass is 274 g/mol. The lowest BCUT2D eigenvalue weighted by molar-refractivity contribution is 0.227. The van der Waals surface area contributed by atoms with Crippen molar-refractivity contribution >= 4 is 15.9 Å². The van der Waals surface area contributed by atoms with Crippen molar-refractivity contribution in [3.05, 3.63) is 22.2 Å². The number of ether oxygens (including phenoxy) is 2. The molecule has 0 atom stereocenters. The van der Waals surface area contributed by atoms with Crippen molar-refractivity contribution in [2.75, 3.05) is 7.11 Å². The predicted octanol–water partition coefficient (Wildman–Crippen LogP) is 2.74.